The van der Waals surface area contributed by atoms with Crippen LogP contribution in [0.25, 0.3) is 0 Å². The maximum Gasteiger partial charge on any atom is 0.225 e. The highest BCUT2D eigenvalue weighted by molar-refractivity contribution is 7.15. The summed E-state index contributed by atoms with van der Waals surface area (Å²) >= 11 is 1.37. The van der Waals surface area contributed by atoms with Crippen LogP contribution in [0, 0.1) is 6.92 Å². The Bertz CT molecular complexity index is 582. The van der Waals surface area contributed by atoms with Crippen LogP contribution in [0.4, 0.5) is 5.13 Å². The van der Waals surface area contributed by atoms with Crippen LogP contribution in [0.5, 0.6) is 0 Å². The van der Waals surface area contributed by atoms with Crippen molar-refractivity contribution in [3.05, 3.63) is 40.7 Å². The fourth-order valence-corrected chi connectivity index (χ4v) is 2.85. The molecule has 0 bridgehead atoms. The van der Waals surface area contributed by atoms with E-state index >= 15 is 0 Å². The zero-order valence-electron chi connectivity index (χ0n) is 11.6. The SMILES string of the molecule is CCC(NC(=O)Cc1sc(N)nc1C)c1ccncc1. The van der Waals surface area contributed by atoms with Crippen molar-refractivity contribution in [2.24, 2.45) is 0 Å². The number of rotatable bonds is 5. The standard InChI is InChI=1S/C14H18N4OS/c1-3-11(10-4-6-16-7-5-10)18-13(19)8-12-9(2)17-14(15)20-12/h4-7,11H,3,8H2,1-2H3,(H2,15,17)(H,18,19). The molecule has 1 atom stereocenters. The van der Waals surface area contributed by atoms with Gasteiger partial charge in [0.05, 0.1) is 18.2 Å². The zero-order chi connectivity index (χ0) is 14.5. The van der Waals surface area contributed by atoms with Gasteiger partial charge in [-0.05, 0) is 31.0 Å². The van der Waals surface area contributed by atoms with Crippen molar-refractivity contribution in [1.29, 1.82) is 0 Å². The third-order valence-corrected chi connectivity index (χ3v) is 4.07. The van der Waals surface area contributed by atoms with Gasteiger partial charge in [0, 0.05) is 17.3 Å². The Balaban J connectivity index is 2.01. The van der Waals surface area contributed by atoms with Gasteiger partial charge in [-0.15, -0.1) is 11.3 Å². The molecule has 2 rings (SSSR count). The van der Waals surface area contributed by atoms with Gasteiger partial charge in [-0.25, -0.2) is 4.98 Å². The molecule has 0 saturated heterocycles. The van der Waals surface area contributed by atoms with E-state index in [1.165, 1.54) is 11.3 Å². The van der Waals surface area contributed by atoms with Gasteiger partial charge in [0.1, 0.15) is 0 Å². The van der Waals surface area contributed by atoms with E-state index in [0.717, 1.165) is 22.6 Å². The minimum atomic E-state index is -0.0135. The van der Waals surface area contributed by atoms with Crippen LogP contribution in [0.3, 0.4) is 0 Å². The summed E-state index contributed by atoms with van der Waals surface area (Å²) in [7, 11) is 0. The first-order valence-electron chi connectivity index (χ1n) is 6.51. The molecule has 0 aliphatic carbocycles. The number of nitrogens with two attached hydrogens (primary N) is 1. The number of pyridine rings is 1. The summed E-state index contributed by atoms with van der Waals surface area (Å²) in [5.74, 6) is -0.0135. The van der Waals surface area contributed by atoms with E-state index < -0.39 is 0 Å². The van der Waals surface area contributed by atoms with E-state index in [1.807, 2.05) is 26.0 Å². The maximum absolute atomic E-state index is 12.1. The third-order valence-electron chi connectivity index (χ3n) is 3.08. The van der Waals surface area contributed by atoms with Crippen LogP contribution >= 0.6 is 11.3 Å². The number of thiazole rings is 1. The van der Waals surface area contributed by atoms with Gasteiger partial charge in [-0.3, -0.25) is 9.78 Å². The molecule has 3 N–H and O–H groups in total. The van der Waals surface area contributed by atoms with E-state index in [-0.39, 0.29) is 11.9 Å². The first-order valence-corrected chi connectivity index (χ1v) is 7.32. The van der Waals surface area contributed by atoms with Gasteiger partial charge in [-0.1, -0.05) is 6.92 Å². The monoisotopic (exact) mass is 290 g/mol. The number of hydrogen-bond donors (Lipinski definition) is 2. The number of nitrogen functional groups attached to an aromatic ring is 1. The Morgan fingerprint density at radius 3 is 2.70 bits per heavy atom. The molecule has 0 radical (unpaired) electrons. The van der Waals surface area contributed by atoms with Crippen LogP contribution < -0.4 is 11.1 Å². The second-order valence-electron chi connectivity index (χ2n) is 4.55. The number of anilines is 1. The molecule has 2 heterocycles. The van der Waals surface area contributed by atoms with Crippen LogP contribution in [0.1, 0.15) is 35.5 Å². The lowest BCUT2D eigenvalue weighted by Gasteiger charge is -2.17. The summed E-state index contributed by atoms with van der Waals surface area (Å²) < 4.78 is 0. The highest BCUT2D eigenvalue weighted by Crippen LogP contribution is 2.21. The molecule has 0 spiro atoms. The van der Waals surface area contributed by atoms with Crippen molar-refractivity contribution in [2.75, 3.05) is 5.73 Å². The molecule has 0 aliphatic rings. The molecule has 1 amide bonds. The van der Waals surface area contributed by atoms with Crippen LogP contribution in [-0.4, -0.2) is 15.9 Å². The Hall–Kier alpha value is -1.95. The number of hydrogen-bond acceptors (Lipinski definition) is 5. The molecule has 0 aliphatic heterocycles. The Kier molecular flexibility index (Phi) is 4.68. The molecular weight excluding hydrogens is 272 g/mol. The Morgan fingerprint density at radius 2 is 2.15 bits per heavy atom. The van der Waals surface area contributed by atoms with Gasteiger partial charge in [0.25, 0.3) is 0 Å². The molecule has 1 unspecified atom stereocenters. The first kappa shape index (κ1) is 14.5. The van der Waals surface area contributed by atoms with Crippen molar-refractivity contribution in [3.63, 3.8) is 0 Å². The summed E-state index contributed by atoms with van der Waals surface area (Å²) in [6.07, 6.45) is 4.62. The fraction of sp³-hybridized carbons (Fsp3) is 0.357. The average Bonchev–Trinajstić information content (AvgIpc) is 2.75. The zero-order valence-corrected chi connectivity index (χ0v) is 12.4. The third kappa shape index (κ3) is 3.54. The number of nitrogens with zero attached hydrogens (tertiary/aromatic N) is 2. The highest BCUT2D eigenvalue weighted by atomic mass is 32.1. The van der Waals surface area contributed by atoms with Crippen molar-refractivity contribution in [3.8, 4) is 0 Å². The average molecular weight is 290 g/mol. The van der Waals surface area contributed by atoms with Crippen LogP contribution in [0.15, 0.2) is 24.5 Å². The number of aryl methyl sites for hydroxylation is 1. The number of amides is 1. The lowest BCUT2D eigenvalue weighted by atomic mass is 10.1. The number of nitrogens with one attached hydrogen (secondary N) is 1. The van der Waals surface area contributed by atoms with Gasteiger partial charge in [0.15, 0.2) is 5.13 Å². The highest BCUT2D eigenvalue weighted by Gasteiger charge is 2.15. The lowest BCUT2D eigenvalue weighted by Crippen LogP contribution is -2.29. The van der Waals surface area contributed by atoms with E-state index in [1.54, 1.807) is 12.4 Å². The Labute approximate surface area is 122 Å². The molecule has 106 valence electrons. The van der Waals surface area contributed by atoms with Gasteiger partial charge >= 0.3 is 0 Å². The largest absolute Gasteiger partial charge is 0.375 e. The van der Waals surface area contributed by atoms with Gasteiger partial charge < -0.3 is 11.1 Å². The van der Waals surface area contributed by atoms with Gasteiger partial charge in [0.2, 0.25) is 5.91 Å². The molecule has 2 aromatic heterocycles. The topological polar surface area (TPSA) is 80.9 Å². The maximum atomic E-state index is 12.1. The molecule has 2 aromatic rings. The van der Waals surface area contributed by atoms with Crippen molar-refractivity contribution in [1.82, 2.24) is 15.3 Å². The summed E-state index contributed by atoms with van der Waals surface area (Å²) in [5, 5.41) is 3.55. The Morgan fingerprint density at radius 1 is 1.45 bits per heavy atom. The quantitative estimate of drug-likeness (QED) is 0.885. The second-order valence-corrected chi connectivity index (χ2v) is 5.66. The minimum Gasteiger partial charge on any atom is -0.375 e. The second kappa shape index (κ2) is 6.47. The molecule has 5 nitrogen and oxygen atoms in total. The molecule has 6 heteroatoms. The minimum absolute atomic E-state index is 0.0103. The van der Waals surface area contributed by atoms with E-state index in [2.05, 4.69) is 15.3 Å². The van der Waals surface area contributed by atoms with Crippen LogP contribution in [0.2, 0.25) is 0 Å². The molecular formula is C14H18N4OS. The smallest absolute Gasteiger partial charge is 0.225 e. The fourth-order valence-electron chi connectivity index (χ4n) is 2.02. The summed E-state index contributed by atoms with van der Waals surface area (Å²) in [6, 6.07) is 3.85. The number of aromatic nitrogens is 2. The number of carbonyl (C=O) groups excluding carboxylic acids is 1. The van der Waals surface area contributed by atoms with Crippen molar-refractivity contribution in [2.45, 2.75) is 32.7 Å². The van der Waals surface area contributed by atoms with E-state index in [0.29, 0.717) is 11.6 Å². The summed E-state index contributed by atoms with van der Waals surface area (Å²) in [5.41, 5.74) is 7.54. The van der Waals surface area contributed by atoms with Gasteiger partial charge in [-0.2, -0.15) is 0 Å². The summed E-state index contributed by atoms with van der Waals surface area (Å²) in [6.45, 7) is 3.91. The van der Waals surface area contributed by atoms with E-state index in [4.69, 9.17) is 5.73 Å². The predicted molar refractivity (Wildman–Crippen MR) is 80.4 cm³/mol. The number of carbonyl (C=O) groups is 1. The van der Waals surface area contributed by atoms with Crippen molar-refractivity contribution >= 4 is 22.4 Å². The van der Waals surface area contributed by atoms with Crippen LogP contribution in [-0.2, 0) is 11.2 Å². The first-order chi connectivity index (χ1) is 9.60. The molecule has 0 fully saturated rings. The normalized spacial score (nSPS) is 12.1. The lowest BCUT2D eigenvalue weighted by molar-refractivity contribution is -0.121. The van der Waals surface area contributed by atoms with E-state index in [9.17, 15) is 4.79 Å². The van der Waals surface area contributed by atoms with Crippen molar-refractivity contribution < 1.29 is 4.79 Å². The molecule has 0 aromatic carbocycles. The summed E-state index contributed by atoms with van der Waals surface area (Å²) in [4.78, 5) is 21.2. The predicted octanol–water partition coefficient (Wildman–Crippen LogP) is 2.24. The molecule has 0 saturated carbocycles. The molecule has 20 heavy (non-hydrogen) atoms.